The summed E-state index contributed by atoms with van der Waals surface area (Å²) in [6, 6.07) is 4.56. The summed E-state index contributed by atoms with van der Waals surface area (Å²) < 4.78 is 31.5. The summed E-state index contributed by atoms with van der Waals surface area (Å²) in [5, 5.41) is 0. The van der Waals surface area contributed by atoms with Gasteiger partial charge in [0.15, 0.2) is 0 Å². The summed E-state index contributed by atoms with van der Waals surface area (Å²) in [4.78, 5) is 0.215. The van der Waals surface area contributed by atoms with E-state index in [0.717, 1.165) is 12.8 Å². The molecule has 1 aromatic rings. The molecule has 0 unspecified atom stereocenters. The third kappa shape index (κ3) is 3.61. The van der Waals surface area contributed by atoms with Gasteiger partial charge >= 0.3 is 0 Å². The molecule has 0 spiro atoms. The van der Waals surface area contributed by atoms with Crippen LogP contribution in [0.5, 0.6) is 5.75 Å². The number of hydrogen-bond acceptors (Lipinski definition) is 4. The van der Waals surface area contributed by atoms with E-state index in [1.807, 2.05) is 13.8 Å². The third-order valence-electron chi connectivity index (χ3n) is 2.78. The summed E-state index contributed by atoms with van der Waals surface area (Å²) in [5.74, 6) is 0.483. The molecule has 0 aliphatic rings. The van der Waals surface area contributed by atoms with Crippen LogP contribution in [0.3, 0.4) is 0 Å². The van der Waals surface area contributed by atoms with Crippen molar-refractivity contribution < 1.29 is 13.2 Å². The lowest BCUT2D eigenvalue weighted by atomic mass is 10.3. The predicted molar refractivity (Wildman–Crippen MR) is 76.7 cm³/mol. The van der Waals surface area contributed by atoms with Crippen LogP contribution >= 0.6 is 0 Å². The van der Waals surface area contributed by atoms with E-state index in [1.165, 1.54) is 23.5 Å². The lowest BCUT2D eigenvalue weighted by Crippen LogP contribution is -2.32. The second-order valence-corrected chi connectivity index (χ2v) is 6.25. The average molecular weight is 286 g/mol. The molecule has 0 radical (unpaired) electrons. The van der Waals surface area contributed by atoms with Gasteiger partial charge in [-0.15, -0.1) is 0 Å². The number of nitrogens with zero attached hydrogens (tertiary/aromatic N) is 1. The van der Waals surface area contributed by atoms with Gasteiger partial charge in [-0.2, -0.15) is 4.31 Å². The van der Waals surface area contributed by atoms with Crippen molar-refractivity contribution in [3.8, 4) is 5.75 Å². The Labute approximate surface area is 115 Å². The SMILES string of the molecule is CCCN(CCC)S(=O)(=O)c1ccc(OC)c(N)c1. The molecule has 2 N–H and O–H groups in total. The van der Waals surface area contributed by atoms with Gasteiger partial charge in [-0.3, -0.25) is 0 Å². The lowest BCUT2D eigenvalue weighted by molar-refractivity contribution is 0.408. The maximum Gasteiger partial charge on any atom is 0.243 e. The van der Waals surface area contributed by atoms with E-state index in [-0.39, 0.29) is 4.90 Å². The highest BCUT2D eigenvalue weighted by molar-refractivity contribution is 7.89. The molecule has 0 fully saturated rings. The summed E-state index contributed by atoms with van der Waals surface area (Å²) in [5.41, 5.74) is 6.10. The van der Waals surface area contributed by atoms with Crippen LogP contribution in [0.1, 0.15) is 26.7 Å². The van der Waals surface area contributed by atoms with E-state index < -0.39 is 10.0 Å². The van der Waals surface area contributed by atoms with Crippen molar-refractivity contribution in [1.82, 2.24) is 4.31 Å². The van der Waals surface area contributed by atoms with Crippen molar-refractivity contribution >= 4 is 15.7 Å². The molecule has 5 nitrogen and oxygen atoms in total. The smallest absolute Gasteiger partial charge is 0.243 e. The largest absolute Gasteiger partial charge is 0.495 e. The van der Waals surface area contributed by atoms with Crippen molar-refractivity contribution in [1.29, 1.82) is 0 Å². The fourth-order valence-corrected chi connectivity index (χ4v) is 3.53. The van der Waals surface area contributed by atoms with Crippen LogP contribution in [0.15, 0.2) is 23.1 Å². The topological polar surface area (TPSA) is 72.6 Å². The number of rotatable bonds is 7. The molecular formula is C13H22N2O3S. The number of hydrogen-bond donors (Lipinski definition) is 1. The van der Waals surface area contributed by atoms with Crippen LogP contribution in [0.25, 0.3) is 0 Å². The molecule has 108 valence electrons. The average Bonchev–Trinajstić information content (AvgIpc) is 2.38. The molecule has 0 aromatic heterocycles. The van der Waals surface area contributed by atoms with E-state index in [1.54, 1.807) is 6.07 Å². The predicted octanol–water partition coefficient (Wildman–Crippen LogP) is 2.09. The number of benzene rings is 1. The Bertz CT molecular complexity index is 509. The van der Waals surface area contributed by atoms with Crippen LogP contribution in [0, 0.1) is 0 Å². The molecule has 0 aliphatic carbocycles. The second-order valence-electron chi connectivity index (χ2n) is 4.31. The third-order valence-corrected chi connectivity index (χ3v) is 4.68. The van der Waals surface area contributed by atoms with E-state index >= 15 is 0 Å². The minimum absolute atomic E-state index is 0.215. The Morgan fingerprint density at radius 2 is 1.79 bits per heavy atom. The van der Waals surface area contributed by atoms with Crippen molar-refractivity contribution in [2.75, 3.05) is 25.9 Å². The minimum Gasteiger partial charge on any atom is -0.495 e. The number of nitrogens with two attached hydrogens (primary N) is 1. The van der Waals surface area contributed by atoms with Gasteiger partial charge in [-0.25, -0.2) is 8.42 Å². The highest BCUT2D eigenvalue weighted by Crippen LogP contribution is 2.26. The minimum atomic E-state index is -3.48. The van der Waals surface area contributed by atoms with Crippen LogP contribution in [-0.4, -0.2) is 32.9 Å². The van der Waals surface area contributed by atoms with Crippen LogP contribution < -0.4 is 10.5 Å². The molecule has 19 heavy (non-hydrogen) atoms. The standard InChI is InChI=1S/C13H22N2O3S/c1-4-8-15(9-5-2)19(16,17)11-6-7-13(18-3)12(14)10-11/h6-7,10H,4-5,8-9,14H2,1-3H3. The first-order chi connectivity index (χ1) is 8.97. The Hall–Kier alpha value is -1.27. The van der Waals surface area contributed by atoms with Crippen LogP contribution in [0.2, 0.25) is 0 Å². The van der Waals surface area contributed by atoms with Gasteiger partial charge < -0.3 is 10.5 Å². The van der Waals surface area contributed by atoms with Gasteiger partial charge in [0.05, 0.1) is 17.7 Å². The first kappa shape index (κ1) is 15.8. The van der Waals surface area contributed by atoms with Crippen LogP contribution in [0.4, 0.5) is 5.69 Å². The van der Waals surface area contributed by atoms with Crippen molar-refractivity contribution in [2.45, 2.75) is 31.6 Å². The van der Waals surface area contributed by atoms with Crippen LogP contribution in [-0.2, 0) is 10.0 Å². The zero-order valence-electron chi connectivity index (χ0n) is 11.7. The van der Waals surface area contributed by atoms with Crippen molar-refractivity contribution in [3.63, 3.8) is 0 Å². The fraction of sp³-hybridized carbons (Fsp3) is 0.538. The van der Waals surface area contributed by atoms with E-state index in [4.69, 9.17) is 10.5 Å². The maximum absolute atomic E-state index is 12.5. The number of ether oxygens (including phenoxy) is 1. The van der Waals surface area contributed by atoms with Gasteiger partial charge in [0.25, 0.3) is 0 Å². The normalized spacial score (nSPS) is 11.8. The molecule has 0 saturated carbocycles. The number of methoxy groups -OCH3 is 1. The first-order valence-corrected chi connectivity index (χ1v) is 7.85. The first-order valence-electron chi connectivity index (χ1n) is 6.41. The maximum atomic E-state index is 12.5. The Morgan fingerprint density at radius 1 is 1.21 bits per heavy atom. The fourth-order valence-electron chi connectivity index (χ4n) is 1.87. The Morgan fingerprint density at radius 3 is 2.21 bits per heavy atom. The molecule has 0 aliphatic heterocycles. The zero-order valence-corrected chi connectivity index (χ0v) is 12.5. The summed E-state index contributed by atoms with van der Waals surface area (Å²) in [7, 11) is -1.97. The number of anilines is 1. The lowest BCUT2D eigenvalue weighted by Gasteiger charge is -2.21. The quantitative estimate of drug-likeness (QED) is 0.779. The molecule has 0 atom stereocenters. The molecule has 1 aromatic carbocycles. The second kappa shape index (κ2) is 6.77. The van der Waals surface area contributed by atoms with Gasteiger partial charge in [0.2, 0.25) is 10.0 Å². The molecular weight excluding hydrogens is 264 g/mol. The van der Waals surface area contributed by atoms with Crippen molar-refractivity contribution in [3.05, 3.63) is 18.2 Å². The zero-order chi connectivity index (χ0) is 14.5. The highest BCUT2D eigenvalue weighted by Gasteiger charge is 2.23. The van der Waals surface area contributed by atoms with Gasteiger partial charge in [-0.05, 0) is 31.0 Å². The summed E-state index contributed by atoms with van der Waals surface area (Å²) >= 11 is 0. The molecule has 6 heteroatoms. The van der Waals surface area contributed by atoms with Crippen molar-refractivity contribution in [2.24, 2.45) is 0 Å². The number of nitrogen functional groups attached to an aromatic ring is 1. The molecule has 0 heterocycles. The monoisotopic (exact) mass is 286 g/mol. The number of sulfonamides is 1. The summed E-state index contributed by atoms with van der Waals surface area (Å²) in [6.45, 7) is 4.95. The highest BCUT2D eigenvalue weighted by atomic mass is 32.2. The van der Waals surface area contributed by atoms with E-state index in [0.29, 0.717) is 24.5 Å². The Kier molecular flexibility index (Phi) is 5.62. The summed E-state index contributed by atoms with van der Waals surface area (Å²) in [6.07, 6.45) is 1.57. The van der Waals surface area contributed by atoms with E-state index in [2.05, 4.69) is 0 Å². The molecule has 0 amide bonds. The molecule has 1 rings (SSSR count). The van der Waals surface area contributed by atoms with E-state index in [9.17, 15) is 8.42 Å². The van der Waals surface area contributed by atoms with Gasteiger partial charge in [0, 0.05) is 13.1 Å². The molecule has 0 bridgehead atoms. The van der Waals surface area contributed by atoms with Gasteiger partial charge in [0.1, 0.15) is 5.75 Å². The van der Waals surface area contributed by atoms with Gasteiger partial charge in [-0.1, -0.05) is 13.8 Å². The Balaban J connectivity index is 3.14. The molecule has 0 saturated heterocycles.